The lowest BCUT2D eigenvalue weighted by Gasteiger charge is -2.14. The molecule has 1 fully saturated rings. The van der Waals surface area contributed by atoms with Gasteiger partial charge >= 0.3 is 0 Å². The first-order chi connectivity index (χ1) is 12.3. The van der Waals surface area contributed by atoms with Gasteiger partial charge in [-0.3, -0.25) is 9.59 Å². The van der Waals surface area contributed by atoms with Gasteiger partial charge in [0.05, 0.1) is 6.04 Å². The second kappa shape index (κ2) is 10.3. The Bertz CT molecular complexity index is 584. The number of Topliss-reactive ketones (excluding diaryl/α,β-unsaturated/α-hetero) is 1. The minimum atomic E-state index is -0.922. The second-order valence-electron chi connectivity index (χ2n) is 7.01. The standard InChI is InChI=1S/C14H16F3NO.C5H10O2/c15-6-10-4-9(5-11(7-16)12(10)8-17)14(19)13-2-1-3-18-13;1-5(2,3)7-4-6/h4-5,13,18H,1-3,6-8H2;4H,1-3H3/t13-;/m1./s1. The van der Waals surface area contributed by atoms with Crippen molar-refractivity contribution in [3.63, 3.8) is 0 Å². The summed E-state index contributed by atoms with van der Waals surface area (Å²) in [6, 6.07) is 2.39. The van der Waals surface area contributed by atoms with E-state index in [0.717, 1.165) is 19.4 Å². The molecule has 0 bridgehead atoms. The van der Waals surface area contributed by atoms with Crippen molar-refractivity contribution in [2.75, 3.05) is 6.54 Å². The molecule has 1 saturated heterocycles. The molecule has 7 heteroatoms. The number of hydrogen-bond acceptors (Lipinski definition) is 4. The number of hydrogen-bond donors (Lipinski definition) is 1. The molecule has 1 heterocycles. The smallest absolute Gasteiger partial charge is 0.293 e. The number of nitrogens with one attached hydrogen (secondary N) is 1. The van der Waals surface area contributed by atoms with Crippen LogP contribution >= 0.6 is 0 Å². The van der Waals surface area contributed by atoms with Crippen LogP contribution in [0.3, 0.4) is 0 Å². The average Bonchev–Trinajstić information content (AvgIpc) is 3.13. The molecule has 26 heavy (non-hydrogen) atoms. The van der Waals surface area contributed by atoms with Crippen LogP contribution in [0.1, 0.15) is 60.7 Å². The van der Waals surface area contributed by atoms with Crippen molar-refractivity contribution in [3.05, 3.63) is 34.4 Å². The zero-order valence-corrected chi connectivity index (χ0v) is 15.4. The molecule has 1 aliphatic rings. The largest absolute Gasteiger partial charge is 0.462 e. The van der Waals surface area contributed by atoms with E-state index in [9.17, 15) is 22.8 Å². The van der Waals surface area contributed by atoms with E-state index < -0.39 is 20.0 Å². The van der Waals surface area contributed by atoms with Crippen LogP contribution < -0.4 is 5.32 Å². The van der Waals surface area contributed by atoms with E-state index >= 15 is 0 Å². The molecule has 0 radical (unpaired) electrons. The lowest BCUT2D eigenvalue weighted by atomic mass is 9.94. The summed E-state index contributed by atoms with van der Waals surface area (Å²) in [6.07, 6.45) is 1.63. The fraction of sp³-hybridized carbons (Fsp3) is 0.579. The van der Waals surface area contributed by atoms with Gasteiger partial charge in [0.2, 0.25) is 0 Å². The maximum atomic E-state index is 12.9. The third-order valence-electron chi connectivity index (χ3n) is 3.92. The first-order valence-electron chi connectivity index (χ1n) is 8.49. The molecule has 1 N–H and O–H groups in total. The lowest BCUT2D eigenvalue weighted by molar-refractivity contribution is -0.138. The zero-order valence-electron chi connectivity index (χ0n) is 15.4. The average molecular weight is 373 g/mol. The summed E-state index contributed by atoms with van der Waals surface area (Å²) in [5.41, 5.74) is 0.109. The number of carbonyl (C=O) groups excluding carboxylic acids is 2. The van der Waals surface area contributed by atoms with E-state index in [1.165, 1.54) is 12.1 Å². The van der Waals surface area contributed by atoms with Gasteiger partial charge in [-0.2, -0.15) is 0 Å². The Morgan fingerprint density at radius 1 is 1.19 bits per heavy atom. The van der Waals surface area contributed by atoms with Gasteiger partial charge in [0.1, 0.15) is 25.6 Å². The molecule has 0 aliphatic carbocycles. The topological polar surface area (TPSA) is 55.4 Å². The molecule has 0 amide bonds. The molecule has 1 atom stereocenters. The highest BCUT2D eigenvalue weighted by atomic mass is 19.1. The maximum absolute atomic E-state index is 12.9. The Balaban J connectivity index is 0.000000412. The van der Waals surface area contributed by atoms with Crippen molar-refractivity contribution >= 4 is 12.3 Å². The lowest BCUT2D eigenvalue weighted by Crippen LogP contribution is -2.31. The Labute approximate surface area is 152 Å². The summed E-state index contributed by atoms with van der Waals surface area (Å²) >= 11 is 0. The summed E-state index contributed by atoms with van der Waals surface area (Å²) in [4.78, 5) is 21.8. The zero-order chi connectivity index (χ0) is 19.7. The van der Waals surface area contributed by atoms with Crippen LogP contribution in [0.5, 0.6) is 0 Å². The van der Waals surface area contributed by atoms with Gasteiger partial charge in [0.25, 0.3) is 6.47 Å². The van der Waals surface area contributed by atoms with Crippen LogP contribution in [0.15, 0.2) is 12.1 Å². The first-order valence-corrected chi connectivity index (χ1v) is 8.49. The fourth-order valence-electron chi connectivity index (χ4n) is 2.60. The Hall–Kier alpha value is -1.89. The summed E-state index contributed by atoms with van der Waals surface area (Å²) in [7, 11) is 0. The summed E-state index contributed by atoms with van der Waals surface area (Å²) in [6.45, 7) is 3.97. The van der Waals surface area contributed by atoms with Crippen molar-refractivity contribution in [1.29, 1.82) is 0 Å². The van der Waals surface area contributed by atoms with Crippen molar-refractivity contribution in [2.24, 2.45) is 0 Å². The van der Waals surface area contributed by atoms with Crippen LogP contribution in [0, 0.1) is 0 Å². The Kier molecular flexibility index (Phi) is 8.78. The predicted octanol–water partition coefficient (Wildman–Crippen LogP) is 3.99. The molecule has 0 spiro atoms. The number of carbonyl (C=O) groups is 2. The molecule has 1 aromatic carbocycles. The third-order valence-corrected chi connectivity index (χ3v) is 3.92. The molecule has 1 aliphatic heterocycles. The second-order valence-corrected chi connectivity index (χ2v) is 7.01. The highest BCUT2D eigenvalue weighted by Crippen LogP contribution is 2.23. The van der Waals surface area contributed by atoms with Crippen molar-refractivity contribution in [3.8, 4) is 0 Å². The van der Waals surface area contributed by atoms with E-state index in [0.29, 0.717) is 6.47 Å². The van der Waals surface area contributed by atoms with Crippen molar-refractivity contribution in [1.82, 2.24) is 5.32 Å². The number of rotatable bonds is 6. The van der Waals surface area contributed by atoms with E-state index in [4.69, 9.17) is 0 Å². The van der Waals surface area contributed by atoms with Crippen LogP contribution in [-0.4, -0.2) is 30.4 Å². The van der Waals surface area contributed by atoms with Gasteiger partial charge < -0.3 is 10.1 Å². The molecule has 1 aromatic rings. The minimum absolute atomic E-state index is 0.0286. The molecule has 0 saturated carbocycles. The molecule has 0 unspecified atom stereocenters. The third kappa shape index (κ3) is 6.44. The highest BCUT2D eigenvalue weighted by Gasteiger charge is 2.24. The number of alkyl halides is 3. The summed E-state index contributed by atoms with van der Waals surface area (Å²) in [5, 5.41) is 3.05. The number of halogens is 3. The van der Waals surface area contributed by atoms with Crippen LogP contribution in [-0.2, 0) is 29.6 Å². The van der Waals surface area contributed by atoms with Gasteiger partial charge in [0, 0.05) is 5.56 Å². The van der Waals surface area contributed by atoms with Crippen LogP contribution in [0.2, 0.25) is 0 Å². The highest BCUT2D eigenvalue weighted by molar-refractivity contribution is 6.00. The first kappa shape index (κ1) is 22.2. The van der Waals surface area contributed by atoms with Crippen LogP contribution in [0.4, 0.5) is 13.2 Å². The van der Waals surface area contributed by atoms with Crippen LogP contribution in [0.25, 0.3) is 0 Å². The number of ether oxygens (including phenoxy) is 1. The van der Waals surface area contributed by atoms with Gasteiger partial charge in [-0.15, -0.1) is 0 Å². The number of benzene rings is 1. The summed E-state index contributed by atoms with van der Waals surface area (Å²) in [5.74, 6) is -0.174. The SMILES string of the molecule is CC(C)(C)OC=O.O=C(c1cc(CF)c(CF)c(CF)c1)[C@H]1CCCN1. The predicted molar refractivity (Wildman–Crippen MR) is 93.1 cm³/mol. The molecular weight excluding hydrogens is 347 g/mol. The van der Waals surface area contributed by atoms with E-state index in [-0.39, 0.29) is 39.7 Å². The molecular formula is C19H26F3NO3. The molecule has 0 aromatic heterocycles. The van der Waals surface area contributed by atoms with Gasteiger partial charge in [-0.1, -0.05) is 0 Å². The van der Waals surface area contributed by atoms with Crippen molar-refractivity contribution < 1.29 is 27.5 Å². The van der Waals surface area contributed by atoms with Gasteiger partial charge in [-0.25, -0.2) is 13.2 Å². The van der Waals surface area contributed by atoms with E-state index in [1.807, 2.05) is 20.8 Å². The quantitative estimate of drug-likeness (QED) is 0.605. The Morgan fingerprint density at radius 3 is 2.08 bits per heavy atom. The van der Waals surface area contributed by atoms with Crippen molar-refractivity contribution in [2.45, 2.75) is 65.3 Å². The fourth-order valence-corrected chi connectivity index (χ4v) is 2.60. The Morgan fingerprint density at radius 2 is 1.77 bits per heavy atom. The molecule has 146 valence electrons. The molecule has 2 rings (SSSR count). The van der Waals surface area contributed by atoms with Gasteiger partial charge in [0.15, 0.2) is 5.78 Å². The van der Waals surface area contributed by atoms with E-state index in [1.54, 1.807) is 0 Å². The number of ketones is 1. The maximum Gasteiger partial charge on any atom is 0.293 e. The van der Waals surface area contributed by atoms with E-state index in [2.05, 4.69) is 10.1 Å². The summed E-state index contributed by atoms with van der Waals surface area (Å²) < 4.78 is 43.2. The monoisotopic (exact) mass is 373 g/mol. The normalized spacial score (nSPS) is 16.6. The minimum Gasteiger partial charge on any atom is -0.462 e. The molecule has 4 nitrogen and oxygen atoms in total. The van der Waals surface area contributed by atoms with Gasteiger partial charge in [-0.05, 0) is 69.0 Å².